The summed E-state index contributed by atoms with van der Waals surface area (Å²) in [7, 11) is 3.95. The van der Waals surface area contributed by atoms with Crippen LogP contribution in [0.25, 0.3) is 10.2 Å². The monoisotopic (exact) mass is 462 g/mol. The molecule has 164 valence electrons. The Bertz CT molecular complexity index is 1060. The van der Waals surface area contributed by atoms with E-state index in [1.54, 1.807) is 23.1 Å². The van der Waals surface area contributed by atoms with E-state index >= 15 is 0 Å². The van der Waals surface area contributed by atoms with Crippen molar-refractivity contribution in [3.8, 4) is 0 Å². The number of rotatable bonds is 10. The molecule has 0 atom stereocenters. The van der Waals surface area contributed by atoms with Gasteiger partial charge in [-0.15, -0.1) is 11.8 Å². The second kappa shape index (κ2) is 10.7. The number of benzene rings is 2. The number of anilines is 1. The zero-order valence-electron chi connectivity index (χ0n) is 17.3. The number of hydrogen-bond donors (Lipinski definition) is 0. The number of hydrogen-bond acceptors (Lipinski definition) is 7. The van der Waals surface area contributed by atoms with Gasteiger partial charge < -0.3 is 4.90 Å². The zero-order valence-corrected chi connectivity index (χ0v) is 18.9. The van der Waals surface area contributed by atoms with E-state index in [-0.39, 0.29) is 17.4 Å². The summed E-state index contributed by atoms with van der Waals surface area (Å²) in [6, 6.07) is 10.7. The van der Waals surface area contributed by atoms with Crippen LogP contribution in [0.4, 0.5) is 15.2 Å². The Balaban J connectivity index is 1.73. The highest BCUT2D eigenvalue weighted by atomic mass is 32.2. The van der Waals surface area contributed by atoms with Gasteiger partial charge in [-0.2, -0.15) is 0 Å². The molecule has 0 unspecified atom stereocenters. The fourth-order valence-electron chi connectivity index (χ4n) is 2.92. The second-order valence-electron chi connectivity index (χ2n) is 7.16. The van der Waals surface area contributed by atoms with Gasteiger partial charge in [0.05, 0.1) is 15.1 Å². The lowest BCUT2D eigenvalue weighted by atomic mass is 10.3. The van der Waals surface area contributed by atoms with Crippen molar-refractivity contribution < 1.29 is 14.1 Å². The lowest BCUT2D eigenvalue weighted by Crippen LogP contribution is -2.33. The molecule has 0 N–H and O–H groups in total. The maximum atomic E-state index is 13.0. The maximum Gasteiger partial charge on any atom is 0.270 e. The van der Waals surface area contributed by atoms with Gasteiger partial charge in [-0.3, -0.25) is 19.8 Å². The first-order valence-corrected chi connectivity index (χ1v) is 11.5. The lowest BCUT2D eigenvalue weighted by molar-refractivity contribution is -0.384. The molecule has 0 spiro atoms. The average molecular weight is 463 g/mol. The number of amides is 1. The average Bonchev–Trinajstić information content (AvgIpc) is 3.15. The Morgan fingerprint density at radius 3 is 2.61 bits per heavy atom. The van der Waals surface area contributed by atoms with Crippen molar-refractivity contribution in [3.63, 3.8) is 0 Å². The van der Waals surface area contributed by atoms with Crippen LogP contribution in [0.2, 0.25) is 0 Å². The van der Waals surface area contributed by atoms with Gasteiger partial charge in [-0.25, -0.2) is 9.37 Å². The summed E-state index contributed by atoms with van der Waals surface area (Å²) >= 11 is 2.78. The van der Waals surface area contributed by atoms with Gasteiger partial charge in [0.1, 0.15) is 5.82 Å². The molecule has 3 rings (SSSR count). The highest BCUT2D eigenvalue weighted by Crippen LogP contribution is 2.32. The zero-order chi connectivity index (χ0) is 22.4. The van der Waals surface area contributed by atoms with E-state index < -0.39 is 4.92 Å². The summed E-state index contributed by atoms with van der Waals surface area (Å²) in [5, 5.41) is 11.6. The number of nitrogens with zero attached hydrogens (tertiary/aromatic N) is 4. The molecule has 0 bridgehead atoms. The smallest absolute Gasteiger partial charge is 0.270 e. The topological polar surface area (TPSA) is 79.6 Å². The minimum Gasteiger partial charge on any atom is -0.309 e. The molecule has 7 nitrogen and oxygen atoms in total. The van der Waals surface area contributed by atoms with Crippen LogP contribution < -0.4 is 4.90 Å². The van der Waals surface area contributed by atoms with Gasteiger partial charge in [-0.05, 0) is 57.4 Å². The van der Waals surface area contributed by atoms with Crippen molar-refractivity contribution in [2.45, 2.75) is 17.7 Å². The molecule has 3 aromatic rings. The number of carbonyl (C=O) groups is 1. The molecule has 31 heavy (non-hydrogen) atoms. The van der Waals surface area contributed by atoms with E-state index in [2.05, 4.69) is 9.88 Å². The molecular formula is C21H23FN4O3S2. The van der Waals surface area contributed by atoms with Crippen LogP contribution in [0.3, 0.4) is 0 Å². The molecule has 0 aliphatic carbocycles. The highest BCUT2D eigenvalue weighted by molar-refractivity contribution is 7.99. The summed E-state index contributed by atoms with van der Waals surface area (Å²) < 4.78 is 13.7. The van der Waals surface area contributed by atoms with Gasteiger partial charge in [0.2, 0.25) is 5.91 Å². The van der Waals surface area contributed by atoms with E-state index in [0.29, 0.717) is 34.1 Å². The van der Waals surface area contributed by atoms with Gasteiger partial charge in [0, 0.05) is 35.7 Å². The molecule has 2 aromatic carbocycles. The van der Waals surface area contributed by atoms with Gasteiger partial charge in [0.25, 0.3) is 5.69 Å². The number of non-ortho nitro benzene ring substituents is 1. The first-order valence-electron chi connectivity index (χ1n) is 9.72. The minimum atomic E-state index is -0.439. The largest absolute Gasteiger partial charge is 0.309 e. The Labute approximate surface area is 188 Å². The SMILES string of the molecule is CN(C)CCCN(C(=O)CCSc1ccc(F)cc1)c1nc2ccc([N+](=O)[O-])cc2s1. The van der Waals surface area contributed by atoms with Gasteiger partial charge in [0.15, 0.2) is 5.13 Å². The van der Waals surface area contributed by atoms with Crippen LogP contribution >= 0.6 is 23.1 Å². The van der Waals surface area contributed by atoms with Crippen molar-refractivity contribution in [2.24, 2.45) is 0 Å². The summed E-state index contributed by atoms with van der Waals surface area (Å²) in [5.41, 5.74) is 0.639. The predicted octanol–water partition coefficient (Wildman–Crippen LogP) is 4.81. The number of nitro benzene ring substituents is 1. The van der Waals surface area contributed by atoms with E-state index in [9.17, 15) is 19.3 Å². The lowest BCUT2D eigenvalue weighted by Gasteiger charge is -2.21. The van der Waals surface area contributed by atoms with Crippen LogP contribution in [-0.4, -0.2) is 53.7 Å². The van der Waals surface area contributed by atoms with Crippen molar-refractivity contribution in [2.75, 3.05) is 37.8 Å². The van der Waals surface area contributed by atoms with Crippen molar-refractivity contribution >= 4 is 50.0 Å². The number of carbonyl (C=O) groups excluding carboxylic acids is 1. The molecule has 1 amide bonds. The van der Waals surface area contributed by atoms with Crippen LogP contribution in [-0.2, 0) is 4.79 Å². The first-order chi connectivity index (χ1) is 14.8. The molecule has 0 aliphatic rings. The number of fused-ring (bicyclic) bond motifs is 1. The maximum absolute atomic E-state index is 13.0. The quantitative estimate of drug-likeness (QED) is 0.244. The third-order valence-corrected chi connectivity index (χ3v) is 6.54. The molecule has 0 radical (unpaired) electrons. The Morgan fingerprint density at radius 1 is 1.19 bits per heavy atom. The molecule has 10 heteroatoms. The molecule has 1 aromatic heterocycles. The first kappa shape index (κ1) is 23.1. The molecular weight excluding hydrogens is 439 g/mol. The molecule has 1 heterocycles. The van der Waals surface area contributed by atoms with E-state index in [0.717, 1.165) is 17.9 Å². The van der Waals surface area contributed by atoms with Crippen LogP contribution in [0, 0.1) is 15.9 Å². The number of halogens is 1. The Kier molecular flexibility index (Phi) is 7.94. The van der Waals surface area contributed by atoms with Gasteiger partial charge >= 0.3 is 0 Å². The van der Waals surface area contributed by atoms with E-state index in [1.807, 2.05) is 14.1 Å². The standard InChI is InChI=1S/C21H23FN4O3S2/c1-24(2)11-3-12-25(20(27)10-13-30-17-7-4-15(22)5-8-17)21-23-18-9-6-16(26(28)29)14-19(18)31-21/h4-9,14H,3,10-13H2,1-2H3. The third-order valence-electron chi connectivity index (χ3n) is 4.49. The Hall–Kier alpha value is -2.56. The second-order valence-corrected chi connectivity index (χ2v) is 9.34. The summed E-state index contributed by atoms with van der Waals surface area (Å²) in [4.78, 5) is 32.8. The normalized spacial score (nSPS) is 11.2. The fraction of sp³-hybridized carbons (Fsp3) is 0.333. The van der Waals surface area contributed by atoms with Crippen LogP contribution in [0.5, 0.6) is 0 Å². The van der Waals surface area contributed by atoms with Crippen LogP contribution in [0.15, 0.2) is 47.4 Å². The number of thioether (sulfide) groups is 1. The number of thiazole rings is 1. The van der Waals surface area contributed by atoms with Gasteiger partial charge in [-0.1, -0.05) is 11.3 Å². The summed E-state index contributed by atoms with van der Waals surface area (Å²) in [6.07, 6.45) is 1.08. The van der Waals surface area contributed by atoms with Crippen molar-refractivity contribution in [1.82, 2.24) is 9.88 Å². The molecule has 0 saturated heterocycles. The number of aromatic nitrogens is 1. The number of nitro groups is 1. The molecule has 0 aliphatic heterocycles. The predicted molar refractivity (Wildman–Crippen MR) is 124 cm³/mol. The van der Waals surface area contributed by atoms with Crippen molar-refractivity contribution in [3.05, 3.63) is 58.4 Å². The fourth-order valence-corrected chi connectivity index (χ4v) is 4.81. The molecule has 0 fully saturated rings. The summed E-state index contributed by atoms with van der Waals surface area (Å²) in [6.45, 7) is 1.34. The Morgan fingerprint density at radius 2 is 1.94 bits per heavy atom. The third kappa shape index (κ3) is 6.46. The van der Waals surface area contributed by atoms with Crippen LogP contribution in [0.1, 0.15) is 12.8 Å². The van der Waals surface area contributed by atoms with E-state index in [4.69, 9.17) is 0 Å². The van der Waals surface area contributed by atoms with Crippen molar-refractivity contribution in [1.29, 1.82) is 0 Å². The van der Waals surface area contributed by atoms with E-state index in [1.165, 1.54) is 47.4 Å². The minimum absolute atomic E-state index is 0.00359. The molecule has 0 saturated carbocycles. The summed E-state index contributed by atoms with van der Waals surface area (Å²) in [5.74, 6) is 0.218. The highest BCUT2D eigenvalue weighted by Gasteiger charge is 2.20.